The number of aromatic nitrogens is 1. The maximum atomic E-state index is 9.34. The lowest BCUT2D eigenvalue weighted by atomic mass is 9.92. The number of benzene rings is 1. The van der Waals surface area contributed by atoms with Crippen molar-refractivity contribution in [1.82, 2.24) is 4.98 Å². The molecule has 1 aromatic carbocycles. The Kier molecular flexibility index (Phi) is 2.53. The van der Waals surface area contributed by atoms with Gasteiger partial charge < -0.3 is 10.1 Å². The van der Waals surface area contributed by atoms with Crippen LogP contribution in [-0.4, -0.2) is 10.1 Å². The second-order valence-corrected chi connectivity index (χ2v) is 4.35. The van der Waals surface area contributed by atoms with E-state index in [0.717, 1.165) is 11.1 Å². The summed E-state index contributed by atoms with van der Waals surface area (Å²) in [5.41, 5.74) is 4.73. The highest BCUT2D eigenvalue weighted by atomic mass is 16.3. The molecule has 1 heterocycles. The number of hydrogen-bond donors (Lipinski definition) is 2. The van der Waals surface area contributed by atoms with E-state index in [4.69, 9.17) is 0 Å². The molecule has 0 aliphatic heterocycles. The summed E-state index contributed by atoms with van der Waals surface area (Å²) in [5.74, 6) is 0.436. The number of hydrogen-bond acceptors (Lipinski definition) is 1. The van der Waals surface area contributed by atoms with Crippen molar-refractivity contribution in [3.05, 3.63) is 35.0 Å². The Hall–Kier alpha value is -1.28. The van der Waals surface area contributed by atoms with Crippen molar-refractivity contribution in [2.24, 2.45) is 0 Å². The molecule has 2 rings (SSSR count). The zero-order chi connectivity index (χ0) is 11.0. The standard InChI is InChI=1S/C13H17NO/c1-8(2)12-10(7-15)4-5-11-13(12)9(3)6-14-11/h4-6,8,14-15H,7H2,1-3H3. The SMILES string of the molecule is Cc1c[nH]c2ccc(CO)c(C(C)C)c12. The average Bonchev–Trinajstić information content (AvgIpc) is 2.59. The third kappa shape index (κ3) is 1.55. The fourth-order valence-electron chi connectivity index (χ4n) is 2.26. The van der Waals surface area contributed by atoms with E-state index >= 15 is 0 Å². The average molecular weight is 203 g/mol. The molecule has 0 unspecified atom stereocenters. The molecule has 2 heteroatoms. The second-order valence-electron chi connectivity index (χ2n) is 4.35. The van der Waals surface area contributed by atoms with Gasteiger partial charge in [-0.3, -0.25) is 0 Å². The predicted octanol–water partition coefficient (Wildman–Crippen LogP) is 3.09. The van der Waals surface area contributed by atoms with E-state index in [1.165, 1.54) is 16.5 Å². The van der Waals surface area contributed by atoms with Gasteiger partial charge in [-0.2, -0.15) is 0 Å². The molecule has 1 aromatic heterocycles. The second kappa shape index (κ2) is 3.70. The summed E-state index contributed by atoms with van der Waals surface area (Å²) in [6, 6.07) is 4.05. The highest BCUT2D eigenvalue weighted by molar-refractivity contribution is 5.88. The third-order valence-corrected chi connectivity index (χ3v) is 2.92. The van der Waals surface area contributed by atoms with Crippen LogP contribution in [-0.2, 0) is 6.61 Å². The first-order valence-corrected chi connectivity index (χ1v) is 5.35. The van der Waals surface area contributed by atoms with Crippen molar-refractivity contribution >= 4 is 10.9 Å². The largest absolute Gasteiger partial charge is 0.392 e. The van der Waals surface area contributed by atoms with Gasteiger partial charge in [-0.25, -0.2) is 0 Å². The van der Waals surface area contributed by atoms with Crippen LogP contribution in [0, 0.1) is 6.92 Å². The summed E-state index contributed by atoms with van der Waals surface area (Å²) < 4.78 is 0. The first kappa shape index (κ1) is 10.2. The minimum Gasteiger partial charge on any atom is -0.392 e. The van der Waals surface area contributed by atoms with Crippen LogP contribution in [0.15, 0.2) is 18.3 Å². The lowest BCUT2D eigenvalue weighted by molar-refractivity contribution is 0.280. The molecule has 15 heavy (non-hydrogen) atoms. The summed E-state index contributed by atoms with van der Waals surface area (Å²) >= 11 is 0. The highest BCUT2D eigenvalue weighted by Crippen LogP contribution is 2.31. The van der Waals surface area contributed by atoms with Crippen molar-refractivity contribution < 1.29 is 5.11 Å². The number of rotatable bonds is 2. The van der Waals surface area contributed by atoms with Crippen LogP contribution in [0.1, 0.15) is 36.5 Å². The van der Waals surface area contributed by atoms with Gasteiger partial charge in [0.2, 0.25) is 0 Å². The van der Waals surface area contributed by atoms with Crippen LogP contribution in [0.4, 0.5) is 0 Å². The van der Waals surface area contributed by atoms with E-state index < -0.39 is 0 Å². The molecule has 0 amide bonds. The van der Waals surface area contributed by atoms with E-state index in [1.807, 2.05) is 18.3 Å². The summed E-state index contributed by atoms with van der Waals surface area (Å²) in [5, 5.41) is 10.6. The lowest BCUT2D eigenvalue weighted by Crippen LogP contribution is -1.97. The molecule has 0 fully saturated rings. The molecule has 0 spiro atoms. The van der Waals surface area contributed by atoms with Gasteiger partial charge in [0.1, 0.15) is 0 Å². The Morgan fingerprint density at radius 3 is 2.67 bits per heavy atom. The van der Waals surface area contributed by atoms with E-state index in [9.17, 15) is 5.11 Å². The zero-order valence-electron chi connectivity index (χ0n) is 9.46. The molecular formula is C13H17NO. The lowest BCUT2D eigenvalue weighted by Gasteiger charge is -2.13. The highest BCUT2D eigenvalue weighted by Gasteiger charge is 2.13. The summed E-state index contributed by atoms with van der Waals surface area (Å²) in [6.45, 7) is 6.56. The maximum Gasteiger partial charge on any atom is 0.0684 e. The van der Waals surface area contributed by atoms with Crippen LogP contribution in [0.3, 0.4) is 0 Å². The number of aromatic amines is 1. The molecule has 0 saturated carbocycles. The molecule has 0 saturated heterocycles. The summed E-state index contributed by atoms with van der Waals surface area (Å²) in [4.78, 5) is 3.25. The summed E-state index contributed by atoms with van der Waals surface area (Å²) in [7, 11) is 0. The first-order chi connectivity index (χ1) is 7.15. The predicted molar refractivity (Wildman–Crippen MR) is 63.0 cm³/mol. The van der Waals surface area contributed by atoms with Gasteiger partial charge in [-0.1, -0.05) is 19.9 Å². The summed E-state index contributed by atoms with van der Waals surface area (Å²) in [6.07, 6.45) is 2.03. The number of aryl methyl sites for hydroxylation is 1. The Bertz CT molecular complexity index is 482. The van der Waals surface area contributed by atoms with Gasteiger partial charge in [-0.15, -0.1) is 0 Å². The molecular weight excluding hydrogens is 186 g/mol. The maximum absolute atomic E-state index is 9.34. The Balaban J connectivity index is 2.83. The molecule has 2 aromatic rings. The fourth-order valence-corrected chi connectivity index (χ4v) is 2.26. The van der Waals surface area contributed by atoms with Crippen molar-refractivity contribution in [1.29, 1.82) is 0 Å². The fraction of sp³-hybridized carbons (Fsp3) is 0.385. The molecule has 0 bridgehead atoms. The Morgan fingerprint density at radius 1 is 1.33 bits per heavy atom. The van der Waals surface area contributed by atoms with Gasteiger partial charge in [0.25, 0.3) is 0 Å². The number of aliphatic hydroxyl groups is 1. The smallest absolute Gasteiger partial charge is 0.0684 e. The Morgan fingerprint density at radius 2 is 2.07 bits per heavy atom. The number of fused-ring (bicyclic) bond motifs is 1. The van der Waals surface area contributed by atoms with Gasteiger partial charge in [-0.05, 0) is 35.6 Å². The molecule has 2 nitrogen and oxygen atoms in total. The first-order valence-electron chi connectivity index (χ1n) is 5.35. The van der Waals surface area contributed by atoms with Crippen molar-refractivity contribution in [2.45, 2.75) is 33.3 Å². The third-order valence-electron chi connectivity index (χ3n) is 2.92. The van der Waals surface area contributed by atoms with Gasteiger partial charge in [0.15, 0.2) is 0 Å². The van der Waals surface area contributed by atoms with Gasteiger partial charge in [0, 0.05) is 17.1 Å². The monoisotopic (exact) mass is 203 g/mol. The van der Waals surface area contributed by atoms with E-state index in [0.29, 0.717) is 5.92 Å². The van der Waals surface area contributed by atoms with Gasteiger partial charge >= 0.3 is 0 Å². The van der Waals surface area contributed by atoms with Crippen LogP contribution >= 0.6 is 0 Å². The number of nitrogens with one attached hydrogen (secondary N) is 1. The molecule has 0 radical (unpaired) electrons. The minimum absolute atomic E-state index is 0.119. The van der Waals surface area contributed by atoms with Crippen molar-refractivity contribution in [3.63, 3.8) is 0 Å². The van der Waals surface area contributed by atoms with Crippen LogP contribution in [0.5, 0.6) is 0 Å². The number of aliphatic hydroxyl groups excluding tert-OH is 1. The number of H-pyrrole nitrogens is 1. The van der Waals surface area contributed by atoms with Crippen LogP contribution in [0.25, 0.3) is 10.9 Å². The quantitative estimate of drug-likeness (QED) is 0.773. The van der Waals surface area contributed by atoms with Crippen LogP contribution in [0.2, 0.25) is 0 Å². The topological polar surface area (TPSA) is 36.0 Å². The molecule has 0 atom stereocenters. The van der Waals surface area contributed by atoms with E-state index in [2.05, 4.69) is 25.8 Å². The molecule has 0 aliphatic carbocycles. The van der Waals surface area contributed by atoms with Crippen molar-refractivity contribution in [3.8, 4) is 0 Å². The van der Waals surface area contributed by atoms with E-state index in [-0.39, 0.29) is 6.61 Å². The van der Waals surface area contributed by atoms with Crippen molar-refractivity contribution in [2.75, 3.05) is 0 Å². The molecule has 80 valence electrons. The zero-order valence-corrected chi connectivity index (χ0v) is 9.46. The normalized spacial score (nSPS) is 11.5. The van der Waals surface area contributed by atoms with Crippen LogP contribution < -0.4 is 0 Å². The van der Waals surface area contributed by atoms with Gasteiger partial charge in [0.05, 0.1) is 6.61 Å². The Labute approximate surface area is 89.9 Å². The minimum atomic E-state index is 0.119. The van der Waals surface area contributed by atoms with E-state index in [1.54, 1.807) is 0 Å². The molecule has 0 aliphatic rings. The molecule has 2 N–H and O–H groups in total.